The van der Waals surface area contributed by atoms with E-state index in [9.17, 15) is 10.2 Å². The highest BCUT2D eigenvalue weighted by Gasteiger charge is 2.62. The van der Waals surface area contributed by atoms with Crippen LogP contribution in [0.15, 0.2) is 0 Å². The summed E-state index contributed by atoms with van der Waals surface area (Å²) < 4.78 is 0. The van der Waals surface area contributed by atoms with Crippen LogP contribution in [0.25, 0.3) is 0 Å². The third kappa shape index (κ3) is 1.88. The molecule has 0 heterocycles. The molecule has 0 aromatic heterocycles. The van der Waals surface area contributed by atoms with Crippen LogP contribution in [0.1, 0.15) is 64.7 Å². The lowest BCUT2D eigenvalue weighted by molar-refractivity contribution is -0.111. The molecule has 0 saturated heterocycles. The summed E-state index contributed by atoms with van der Waals surface area (Å²) in [6.45, 7) is 2.26. The molecule has 22 heavy (non-hydrogen) atoms. The molecule has 8 atom stereocenters. The van der Waals surface area contributed by atoms with E-state index in [1.807, 2.05) is 0 Å². The van der Waals surface area contributed by atoms with E-state index < -0.39 is 5.60 Å². The van der Waals surface area contributed by atoms with E-state index in [1.165, 1.54) is 25.7 Å². The molecule has 4 aliphatic carbocycles. The lowest BCUT2D eigenvalue weighted by Crippen LogP contribution is -2.53. The maximum atomic E-state index is 10.9. The Labute approximate surface area is 134 Å². The predicted molar refractivity (Wildman–Crippen MR) is 86.9 cm³/mol. The van der Waals surface area contributed by atoms with Gasteiger partial charge in [-0.15, -0.1) is 6.42 Å². The topological polar surface area (TPSA) is 40.5 Å². The molecule has 2 N–H and O–H groups in total. The number of aliphatic hydroxyl groups is 2. The largest absolute Gasteiger partial charge is 0.393 e. The van der Waals surface area contributed by atoms with Gasteiger partial charge in [-0.25, -0.2) is 0 Å². The first-order valence-corrected chi connectivity index (χ1v) is 9.37. The third-order valence-corrected chi connectivity index (χ3v) is 8.32. The smallest absolute Gasteiger partial charge is 0.130 e. The Balaban J connectivity index is 1.60. The fraction of sp³-hybridized carbons (Fsp3) is 0.900. The summed E-state index contributed by atoms with van der Waals surface area (Å²) in [6.07, 6.45) is 15.7. The fourth-order valence-corrected chi connectivity index (χ4v) is 7.08. The van der Waals surface area contributed by atoms with Crippen molar-refractivity contribution in [3.63, 3.8) is 0 Å². The number of terminal acetylenes is 1. The normalized spacial score (nSPS) is 57.4. The van der Waals surface area contributed by atoms with Crippen LogP contribution in [0.3, 0.4) is 0 Å². The Bertz CT molecular complexity index is 494. The van der Waals surface area contributed by atoms with Crippen molar-refractivity contribution in [2.75, 3.05) is 0 Å². The molecule has 4 fully saturated rings. The van der Waals surface area contributed by atoms with Crippen molar-refractivity contribution < 1.29 is 10.2 Å². The van der Waals surface area contributed by atoms with Gasteiger partial charge in [0.1, 0.15) is 5.60 Å². The molecule has 0 radical (unpaired) electrons. The van der Waals surface area contributed by atoms with Gasteiger partial charge in [0.25, 0.3) is 0 Å². The second-order valence-corrected chi connectivity index (χ2v) is 8.90. The van der Waals surface area contributed by atoms with Crippen molar-refractivity contribution in [1.82, 2.24) is 0 Å². The Morgan fingerprint density at radius 2 is 1.73 bits per heavy atom. The Kier molecular flexibility index (Phi) is 3.41. The molecule has 122 valence electrons. The Morgan fingerprint density at radius 3 is 2.50 bits per heavy atom. The Hall–Kier alpha value is -0.520. The summed E-state index contributed by atoms with van der Waals surface area (Å²) in [6, 6.07) is 0. The van der Waals surface area contributed by atoms with Crippen LogP contribution in [0.2, 0.25) is 0 Å². The van der Waals surface area contributed by atoms with Crippen molar-refractivity contribution in [1.29, 1.82) is 0 Å². The van der Waals surface area contributed by atoms with E-state index in [0.29, 0.717) is 5.92 Å². The van der Waals surface area contributed by atoms with Crippen LogP contribution < -0.4 is 0 Å². The minimum absolute atomic E-state index is 0.0512. The van der Waals surface area contributed by atoms with Crippen LogP contribution in [0.5, 0.6) is 0 Å². The molecule has 4 saturated carbocycles. The highest BCUT2D eigenvalue weighted by molar-refractivity contribution is 5.23. The zero-order valence-corrected chi connectivity index (χ0v) is 13.8. The molecule has 2 nitrogen and oxygen atoms in total. The molecule has 0 amide bonds. The van der Waals surface area contributed by atoms with Gasteiger partial charge in [0.15, 0.2) is 0 Å². The molecule has 4 rings (SSSR count). The third-order valence-electron chi connectivity index (χ3n) is 8.32. The fourth-order valence-electron chi connectivity index (χ4n) is 7.08. The monoisotopic (exact) mass is 302 g/mol. The van der Waals surface area contributed by atoms with Gasteiger partial charge in [-0.2, -0.15) is 0 Å². The van der Waals surface area contributed by atoms with E-state index in [1.54, 1.807) is 0 Å². The van der Waals surface area contributed by atoms with E-state index in [2.05, 4.69) is 12.8 Å². The minimum Gasteiger partial charge on any atom is -0.393 e. The quantitative estimate of drug-likeness (QED) is 0.674. The summed E-state index contributed by atoms with van der Waals surface area (Å²) in [7, 11) is 0. The number of fused-ring (bicyclic) bond motifs is 5. The maximum Gasteiger partial charge on any atom is 0.130 e. The molecular weight excluding hydrogens is 272 g/mol. The molecule has 0 aromatic rings. The lowest BCUT2D eigenvalue weighted by Gasteiger charge is -2.56. The van der Waals surface area contributed by atoms with E-state index in [0.717, 1.165) is 55.8 Å². The van der Waals surface area contributed by atoms with Crippen LogP contribution in [-0.2, 0) is 0 Å². The molecular formula is C20H30O2. The highest BCUT2D eigenvalue weighted by atomic mass is 16.3. The SMILES string of the molecule is C#CC1(O)CC[C@H]2[C@@H]3CC[C@@H]4C[C@H](O)CC[C@@H]4[C@H]3CC[C@@]21C. The summed E-state index contributed by atoms with van der Waals surface area (Å²) in [5, 5.41) is 20.9. The standard InChI is InChI=1S/C20H30O2/c1-3-20(22)11-9-18-17-6-4-13-12-14(21)5-7-15(13)16(17)8-10-19(18,20)2/h1,13-18,21-22H,4-12H2,2H3/t13-,14-,15+,16-,17-,18+,19+,20?/m1/s1. The number of hydrogen-bond donors (Lipinski definition) is 2. The number of rotatable bonds is 0. The Morgan fingerprint density at radius 1 is 0.955 bits per heavy atom. The van der Waals surface area contributed by atoms with Gasteiger partial charge in [-0.3, -0.25) is 0 Å². The first kappa shape index (κ1) is 15.0. The summed E-state index contributed by atoms with van der Waals surface area (Å²) in [5.41, 5.74) is -0.938. The lowest BCUT2D eigenvalue weighted by atomic mass is 9.49. The second-order valence-electron chi connectivity index (χ2n) is 8.90. The molecule has 0 bridgehead atoms. The van der Waals surface area contributed by atoms with Crippen molar-refractivity contribution >= 4 is 0 Å². The zero-order chi connectivity index (χ0) is 15.5. The van der Waals surface area contributed by atoms with Crippen molar-refractivity contribution in [3.05, 3.63) is 0 Å². The van der Waals surface area contributed by atoms with Gasteiger partial charge in [0.2, 0.25) is 0 Å². The molecule has 0 aromatic carbocycles. The maximum absolute atomic E-state index is 10.9. The zero-order valence-electron chi connectivity index (χ0n) is 13.8. The number of aliphatic hydroxyl groups excluding tert-OH is 1. The molecule has 0 aliphatic heterocycles. The van der Waals surface area contributed by atoms with Gasteiger partial charge >= 0.3 is 0 Å². The van der Waals surface area contributed by atoms with Gasteiger partial charge in [0, 0.05) is 5.41 Å². The van der Waals surface area contributed by atoms with Crippen molar-refractivity contribution in [3.8, 4) is 12.3 Å². The summed E-state index contributed by atoms with van der Waals surface area (Å²) in [4.78, 5) is 0. The first-order valence-electron chi connectivity index (χ1n) is 9.37. The van der Waals surface area contributed by atoms with Crippen LogP contribution >= 0.6 is 0 Å². The van der Waals surface area contributed by atoms with Gasteiger partial charge in [-0.1, -0.05) is 12.8 Å². The minimum atomic E-state index is -0.873. The summed E-state index contributed by atoms with van der Waals surface area (Å²) >= 11 is 0. The van der Waals surface area contributed by atoms with Crippen LogP contribution in [0, 0.1) is 47.3 Å². The van der Waals surface area contributed by atoms with Crippen molar-refractivity contribution in [2.45, 2.75) is 76.4 Å². The van der Waals surface area contributed by atoms with Gasteiger partial charge in [-0.05, 0) is 87.4 Å². The van der Waals surface area contributed by atoms with E-state index >= 15 is 0 Å². The molecule has 2 heteroatoms. The molecule has 4 aliphatic rings. The van der Waals surface area contributed by atoms with Gasteiger partial charge in [0.05, 0.1) is 6.10 Å². The van der Waals surface area contributed by atoms with Crippen LogP contribution in [-0.4, -0.2) is 21.9 Å². The van der Waals surface area contributed by atoms with Crippen molar-refractivity contribution in [2.24, 2.45) is 35.0 Å². The second kappa shape index (κ2) is 4.99. The molecule has 1 unspecified atom stereocenters. The van der Waals surface area contributed by atoms with E-state index in [4.69, 9.17) is 6.42 Å². The van der Waals surface area contributed by atoms with E-state index in [-0.39, 0.29) is 11.5 Å². The van der Waals surface area contributed by atoms with Gasteiger partial charge < -0.3 is 10.2 Å². The average molecular weight is 302 g/mol. The first-order chi connectivity index (χ1) is 10.5. The van der Waals surface area contributed by atoms with Crippen LogP contribution in [0.4, 0.5) is 0 Å². The predicted octanol–water partition coefficient (Wildman–Crippen LogP) is 3.36. The summed E-state index contributed by atoms with van der Waals surface area (Å²) in [5.74, 6) is 6.53. The molecule has 0 spiro atoms. The average Bonchev–Trinajstić information content (AvgIpc) is 2.79. The number of hydrogen-bond acceptors (Lipinski definition) is 2. The highest BCUT2D eigenvalue weighted by Crippen LogP contribution is 2.65.